The van der Waals surface area contributed by atoms with Gasteiger partial charge in [-0.2, -0.15) is 13.2 Å². The molecule has 3 aromatic carbocycles. The number of hydrogen-bond acceptors (Lipinski definition) is 5. The van der Waals surface area contributed by atoms with Gasteiger partial charge in [-0.05, 0) is 72.5 Å². The summed E-state index contributed by atoms with van der Waals surface area (Å²) in [6.45, 7) is 2.11. The van der Waals surface area contributed by atoms with E-state index < -0.39 is 17.8 Å². The lowest BCUT2D eigenvalue weighted by molar-refractivity contribution is -0.137. The van der Waals surface area contributed by atoms with Gasteiger partial charge in [0.1, 0.15) is 5.76 Å². The fourth-order valence-corrected chi connectivity index (χ4v) is 5.25. The van der Waals surface area contributed by atoms with Gasteiger partial charge in [-0.15, -0.1) is 0 Å². The number of oxazole rings is 1. The van der Waals surface area contributed by atoms with Crippen LogP contribution in [0.5, 0.6) is 11.5 Å². The number of amides is 1. The Morgan fingerprint density at radius 2 is 1.73 bits per heavy atom. The third kappa shape index (κ3) is 5.25. The van der Waals surface area contributed by atoms with Crippen LogP contribution < -0.4 is 9.47 Å². The van der Waals surface area contributed by atoms with Crippen molar-refractivity contribution < 1.29 is 31.9 Å². The van der Waals surface area contributed by atoms with E-state index in [9.17, 15) is 18.0 Å². The number of alkyl halides is 3. The van der Waals surface area contributed by atoms with Crippen molar-refractivity contribution in [2.24, 2.45) is 0 Å². The molecule has 0 saturated heterocycles. The molecule has 2 heterocycles. The van der Waals surface area contributed by atoms with Crippen molar-refractivity contribution in [1.82, 2.24) is 9.88 Å². The van der Waals surface area contributed by atoms with Crippen LogP contribution in [-0.4, -0.2) is 36.6 Å². The number of ether oxygens (including phenoxy) is 2. The number of aryl methyl sites for hydroxylation is 1. The molecule has 1 aliphatic rings. The summed E-state index contributed by atoms with van der Waals surface area (Å²) in [7, 11) is 3.13. The van der Waals surface area contributed by atoms with Crippen LogP contribution in [0.1, 0.15) is 39.7 Å². The number of benzene rings is 3. The van der Waals surface area contributed by atoms with Crippen molar-refractivity contribution in [3.63, 3.8) is 0 Å². The number of carbonyl (C=O) groups is 1. The van der Waals surface area contributed by atoms with Gasteiger partial charge in [0.05, 0.1) is 37.9 Å². The highest BCUT2D eigenvalue weighted by molar-refractivity contribution is 6.31. The zero-order valence-electron chi connectivity index (χ0n) is 22.0. The molecule has 208 valence electrons. The fraction of sp³-hybridized carbons (Fsp3) is 0.267. The molecule has 1 amide bonds. The van der Waals surface area contributed by atoms with Gasteiger partial charge >= 0.3 is 6.18 Å². The van der Waals surface area contributed by atoms with E-state index in [2.05, 4.69) is 4.98 Å². The van der Waals surface area contributed by atoms with E-state index in [0.717, 1.165) is 28.8 Å². The second-order valence-corrected chi connectivity index (χ2v) is 9.85. The average molecular weight is 571 g/mol. The van der Waals surface area contributed by atoms with Crippen molar-refractivity contribution in [1.29, 1.82) is 0 Å². The van der Waals surface area contributed by atoms with Gasteiger partial charge in [0.2, 0.25) is 11.8 Å². The Labute approximate surface area is 234 Å². The summed E-state index contributed by atoms with van der Waals surface area (Å²) in [5.74, 6) is 1.52. The molecule has 0 radical (unpaired) electrons. The smallest absolute Gasteiger partial charge is 0.416 e. The molecule has 5 rings (SSSR count). The predicted molar refractivity (Wildman–Crippen MR) is 144 cm³/mol. The lowest BCUT2D eigenvalue weighted by Gasteiger charge is -2.38. The molecule has 0 fully saturated rings. The summed E-state index contributed by atoms with van der Waals surface area (Å²) in [4.78, 5) is 20.0. The average Bonchev–Trinajstić information content (AvgIpc) is 3.31. The largest absolute Gasteiger partial charge is 0.493 e. The Balaban J connectivity index is 1.47. The number of aromatic nitrogens is 1. The molecule has 0 aliphatic carbocycles. The molecule has 10 heteroatoms. The van der Waals surface area contributed by atoms with Crippen molar-refractivity contribution in [3.05, 3.63) is 99.4 Å². The first-order valence-electron chi connectivity index (χ1n) is 12.5. The van der Waals surface area contributed by atoms with Gasteiger partial charge in [0.15, 0.2) is 11.5 Å². The molecule has 0 N–H and O–H groups in total. The highest BCUT2D eigenvalue weighted by atomic mass is 35.5. The van der Waals surface area contributed by atoms with Crippen LogP contribution in [0.3, 0.4) is 0 Å². The van der Waals surface area contributed by atoms with Gasteiger partial charge in [0.25, 0.3) is 0 Å². The Bertz CT molecular complexity index is 1550. The zero-order chi connectivity index (χ0) is 28.6. The number of hydrogen-bond donors (Lipinski definition) is 0. The minimum Gasteiger partial charge on any atom is -0.493 e. The van der Waals surface area contributed by atoms with Crippen LogP contribution in [0.4, 0.5) is 13.2 Å². The Morgan fingerprint density at radius 1 is 1.05 bits per heavy atom. The highest BCUT2D eigenvalue weighted by Crippen LogP contribution is 2.43. The van der Waals surface area contributed by atoms with Crippen LogP contribution in [0, 0.1) is 6.92 Å². The second kappa shape index (κ2) is 10.9. The highest BCUT2D eigenvalue weighted by Gasteiger charge is 2.35. The van der Waals surface area contributed by atoms with E-state index in [0.29, 0.717) is 46.5 Å². The lowest BCUT2D eigenvalue weighted by Crippen LogP contribution is -2.41. The fourth-order valence-electron chi connectivity index (χ4n) is 5.01. The number of nitrogens with zero attached hydrogens (tertiary/aromatic N) is 2. The van der Waals surface area contributed by atoms with E-state index in [-0.39, 0.29) is 18.2 Å². The maximum atomic E-state index is 13.8. The topological polar surface area (TPSA) is 64.8 Å². The molecular weight excluding hydrogens is 545 g/mol. The van der Waals surface area contributed by atoms with E-state index in [4.69, 9.17) is 25.5 Å². The molecule has 1 atom stereocenters. The van der Waals surface area contributed by atoms with Crippen LogP contribution in [0.2, 0.25) is 5.02 Å². The summed E-state index contributed by atoms with van der Waals surface area (Å²) >= 11 is 6.63. The molecule has 0 bridgehead atoms. The number of fused-ring (bicyclic) bond motifs is 1. The lowest BCUT2D eigenvalue weighted by atomic mass is 9.87. The van der Waals surface area contributed by atoms with Crippen LogP contribution >= 0.6 is 11.6 Å². The van der Waals surface area contributed by atoms with Crippen LogP contribution in [0.15, 0.2) is 65.1 Å². The maximum Gasteiger partial charge on any atom is 0.416 e. The SMILES string of the molecule is COc1cc2c(cc1OC)[C@@H](c1ccccc1Cl)N(C(=O)Cc1nc(-c3ccc(C(F)(F)F)cc3)oc1C)CC2. The number of methoxy groups -OCH3 is 2. The Morgan fingerprint density at radius 3 is 2.38 bits per heavy atom. The first-order valence-corrected chi connectivity index (χ1v) is 12.9. The molecule has 40 heavy (non-hydrogen) atoms. The molecule has 0 unspecified atom stereocenters. The molecule has 0 spiro atoms. The first kappa shape index (κ1) is 27.6. The van der Waals surface area contributed by atoms with Gasteiger partial charge < -0.3 is 18.8 Å². The van der Waals surface area contributed by atoms with E-state index >= 15 is 0 Å². The molecule has 0 saturated carbocycles. The summed E-state index contributed by atoms with van der Waals surface area (Å²) < 4.78 is 55.7. The van der Waals surface area contributed by atoms with Crippen LogP contribution in [0.25, 0.3) is 11.5 Å². The summed E-state index contributed by atoms with van der Waals surface area (Å²) in [5.41, 5.74) is 2.71. The van der Waals surface area contributed by atoms with E-state index in [1.807, 2.05) is 30.3 Å². The van der Waals surface area contributed by atoms with Crippen molar-refractivity contribution >= 4 is 17.5 Å². The molecular formula is C30H26ClF3N2O4. The number of carbonyl (C=O) groups excluding carboxylic acids is 1. The number of halogens is 4. The third-order valence-electron chi connectivity index (χ3n) is 7.06. The predicted octanol–water partition coefficient (Wildman–Crippen LogP) is 7.06. The first-order chi connectivity index (χ1) is 19.1. The van der Waals surface area contributed by atoms with Gasteiger partial charge in [-0.3, -0.25) is 4.79 Å². The van der Waals surface area contributed by atoms with Crippen molar-refractivity contribution in [2.75, 3.05) is 20.8 Å². The van der Waals surface area contributed by atoms with Crippen molar-refractivity contribution in [2.45, 2.75) is 32.0 Å². The van der Waals surface area contributed by atoms with E-state index in [1.54, 1.807) is 32.1 Å². The minimum atomic E-state index is -4.44. The molecule has 1 aliphatic heterocycles. The third-order valence-corrected chi connectivity index (χ3v) is 7.41. The molecule has 4 aromatic rings. The summed E-state index contributed by atoms with van der Waals surface area (Å²) in [5, 5.41) is 0.523. The Kier molecular flexibility index (Phi) is 7.51. The maximum absolute atomic E-state index is 13.8. The second-order valence-electron chi connectivity index (χ2n) is 9.44. The molecule has 1 aromatic heterocycles. The summed E-state index contributed by atoms with van der Waals surface area (Å²) in [6, 6.07) is 15.3. The Hall–Kier alpha value is -3.98. The minimum absolute atomic E-state index is 0.0560. The quantitative estimate of drug-likeness (QED) is 0.248. The number of rotatable bonds is 6. The van der Waals surface area contributed by atoms with Gasteiger partial charge in [-0.25, -0.2) is 4.98 Å². The van der Waals surface area contributed by atoms with Gasteiger partial charge in [0, 0.05) is 17.1 Å². The molecule has 6 nitrogen and oxygen atoms in total. The standard InChI is InChI=1S/C30H26ClF3N2O4/c1-17-24(35-29(40-17)18-8-10-20(11-9-18)30(32,33)34)16-27(37)36-13-12-19-14-25(38-2)26(39-3)15-22(19)28(36)21-6-4-5-7-23(21)31/h4-11,14-15,28H,12-13,16H2,1-3H3/t28-/m1/s1. The van der Waals surface area contributed by atoms with Crippen LogP contribution in [-0.2, 0) is 23.8 Å². The zero-order valence-corrected chi connectivity index (χ0v) is 22.8. The normalized spacial score (nSPS) is 15.1. The van der Waals surface area contributed by atoms with E-state index in [1.165, 1.54) is 12.1 Å². The monoisotopic (exact) mass is 570 g/mol. The van der Waals surface area contributed by atoms with Crippen molar-refractivity contribution in [3.8, 4) is 23.0 Å². The summed E-state index contributed by atoms with van der Waals surface area (Å²) in [6.07, 6.45) is -3.90. The van der Waals surface area contributed by atoms with Gasteiger partial charge in [-0.1, -0.05) is 29.8 Å².